The van der Waals surface area contributed by atoms with Crippen LogP contribution in [0.1, 0.15) is 21.5 Å². The van der Waals surface area contributed by atoms with Gasteiger partial charge < -0.3 is 19.7 Å². The van der Waals surface area contributed by atoms with Crippen LogP contribution in [0, 0.1) is 0 Å². The second-order valence-electron chi connectivity index (χ2n) is 3.98. The first kappa shape index (κ1) is 15.6. The maximum absolute atomic E-state index is 11.8. The second-order valence-corrected chi connectivity index (χ2v) is 3.98. The molecule has 0 radical (unpaired) electrons. The molecule has 0 amide bonds. The Hall–Kier alpha value is -2.50. The average molecular weight is 280 g/mol. The Morgan fingerprint density at radius 1 is 1.20 bits per heavy atom. The molecule has 6 heteroatoms. The second kappa shape index (κ2) is 6.60. The highest BCUT2D eigenvalue weighted by atomic mass is 16.5. The van der Waals surface area contributed by atoms with Gasteiger partial charge in [-0.15, -0.1) is 6.58 Å². The number of aromatic hydroxyl groups is 2. The molecule has 0 spiro atoms. The predicted molar refractivity (Wildman–Crippen MR) is 70.7 cm³/mol. The molecule has 0 aliphatic heterocycles. The molecule has 6 nitrogen and oxygen atoms in total. The van der Waals surface area contributed by atoms with Crippen molar-refractivity contribution in [2.45, 2.75) is 12.8 Å². The topological polar surface area (TPSA) is 93.1 Å². The average Bonchev–Trinajstić information content (AvgIpc) is 2.42. The number of rotatable bonds is 5. The van der Waals surface area contributed by atoms with Crippen LogP contribution in [0.15, 0.2) is 18.7 Å². The van der Waals surface area contributed by atoms with Crippen LogP contribution in [0.5, 0.6) is 11.5 Å². The molecule has 0 bridgehead atoms. The number of allylic oxidation sites excluding steroid dienone is 1. The van der Waals surface area contributed by atoms with E-state index < -0.39 is 17.7 Å². The number of benzene rings is 1. The molecule has 20 heavy (non-hydrogen) atoms. The number of carbonyl (C=O) groups excluding carboxylic acids is 2. The highest BCUT2D eigenvalue weighted by Gasteiger charge is 2.24. The van der Waals surface area contributed by atoms with Crippen molar-refractivity contribution >= 4 is 11.9 Å². The SMILES string of the molecule is C=CCc1c(O)cc(O)c(C(=O)OC)c1CC(=O)OC. The van der Waals surface area contributed by atoms with Crippen molar-refractivity contribution in [3.05, 3.63) is 35.4 Å². The van der Waals surface area contributed by atoms with E-state index in [0.717, 1.165) is 13.2 Å². The molecule has 1 rings (SSSR count). The summed E-state index contributed by atoms with van der Waals surface area (Å²) in [5, 5.41) is 19.7. The molecule has 2 N–H and O–H groups in total. The Kier molecular flexibility index (Phi) is 5.14. The smallest absolute Gasteiger partial charge is 0.341 e. The molecule has 1 aromatic carbocycles. The van der Waals surface area contributed by atoms with E-state index in [1.807, 2.05) is 0 Å². The fraction of sp³-hybridized carbons (Fsp3) is 0.286. The summed E-state index contributed by atoms with van der Waals surface area (Å²) in [5.41, 5.74) is 0.331. The molecule has 0 unspecified atom stereocenters. The van der Waals surface area contributed by atoms with Gasteiger partial charge in [0.25, 0.3) is 0 Å². The third-order valence-electron chi connectivity index (χ3n) is 2.79. The Morgan fingerprint density at radius 2 is 1.85 bits per heavy atom. The standard InChI is InChI=1S/C14H16O6/c1-4-5-8-9(6-12(17)19-2)13(14(18)20-3)11(16)7-10(8)15/h4,7,15-16H,1,5-6H2,2-3H3. The fourth-order valence-electron chi connectivity index (χ4n) is 1.86. The maximum Gasteiger partial charge on any atom is 0.341 e. The van der Waals surface area contributed by atoms with Crippen molar-refractivity contribution in [1.29, 1.82) is 0 Å². The van der Waals surface area contributed by atoms with Gasteiger partial charge in [0.05, 0.1) is 20.6 Å². The summed E-state index contributed by atoms with van der Waals surface area (Å²) in [6.45, 7) is 3.55. The van der Waals surface area contributed by atoms with E-state index >= 15 is 0 Å². The summed E-state index contributed by atoms with van der Waals surface area (Å²) in [6.07, 6.45) is 1.46. The minimum atomic E-state index is -0.799. The van der Waals surface area contributed by atoms with Crippen LogP contribution >= 0.6 is 0 Å². The van der Waals surface area contributed by atoms with Crippen LogP contribution in [-0.2, 0) is 27.1 Å². The van der Waals surface area contributed by atoms with Crippen LogP contribution in [0.25, 0.3) is 0 Å². The van der Waals surface area contributed by atoms with Crippen LogP contribution in [0.4, 0.5) is 0 Å². The molecule has 108 valence electrons. The van der Waals surface area contributed by atoms with E-state index in [2.05, 4.69) is 16.1 Å². The van der Waals surface area contributed by atoms with Crippen LogP contribution in [-0.4, -0.2) is 36.4 Å². The number of methoxy groups -OCH3 is 2. The molecular formula is C14H16O6. The highest BCUT2D eigenvalue weighted by Crippen LogP contribution is 2.34. The number of carbonyl (C=O) groups is 2. The molecule has 0 atom stereocenters. The van der Waals surface area contributed by atoms with Crippen molar-refractivity contribution in [3.63, 3.8) is 0 Å². The predicted octanol–water partition coefficient (Wildman–Crippen LogP) is 1.33. The van der Waals surface area contributed by atoms with E-state index in [9.17, 15) is 19.8 Å². The normalized spacial score (nSPS) is 9.90. The zero-order valence-electron chi connectivity index (χ0n) is 11.3. The summed E-state index contributed by atoms with van der Waals surface area (Å²) in [7, 11) is 2.36. The van der Waals surface area contributed by atoms with Gasteiger partial charge in [-0.25, -0.2) is 4.79 Å². The minimum Gasteiger partial charge on any atom is -0.508 e. The first-order chi connectivity index (χ1) is 9.46. The monoisotopic (exact) mass is 280 g/mol. The summed E-state index contributed by atoms with van der Waals surface area (Å²) in [4.78, 5) is 23.2. The van der Waals surface area contributed by atoms with Gasteiger partial charge in [-0.1, -0.05) is 6.08 Å². The number of ether oxygens (including phenoxy) is 2. The van der Waals surface area contributed by atoms with Gasteiger partial charge in [0.1, 0.15) is 17.1 Å². The zero-order chi connectivity index (χ0) is 15.3. The molecule has 0 saturated heterocycles. The number of phenols is 2. The lowest BCUT2D eigenvalue weighted by atomic mass is 9.94. The third-order valence-corrected chi connectivity index (χ3v) is 2.79. The van der Waals surface area contributed by atoms with Crippen molar-refractivity contribution in [1.82, 2.24) is 0 Å². The molecule has 0 heterocycles. The summed E-state index contributed by atoms with van der Waals surface area (Å²) < 4.78 is 9.14. The van der Waals surface area contributed by atoms with E-state index in [-0.39, 0.29) is 29.7 Å². The van der Waals surface area contributed by atoms with Crippen LogP contribution < -0.4 is 0 Å². The number of hydrogen-bond donors (Lipinski definition) is 2. The molecule has 0 aliphatic rings. The molecule has 0 aliphatic carbocycles. The summed E-state index contributed by atoms with van der Waals surface area (Å²) in [6, 6.07) is 1.03. The lowest BCUT2D eigenvalue weighted by Gasteiger charge is -2.15. The van der Waals surface area contributed by atoms with Gasteiger partial charge in [0.15, 0.2) is 0 Å². The fourth-order valence-corrected chi connectivity index (χ4v) is 1.86. The first-order valence-corrected chi connectivity index (χ1v) is 5.78. The molecule has 0 aromatic heterocycles. The molecular weight excluding hydrogens is 264 g/mol. The molecule has 0 saturated carbocycles. The van der Waals surface area contributed by atoms with E-state index in [0.29, 0.717) is 5.56 Å². The quantitative estimate of drug-likeness (QED) is 0.624. The molecule has 0 fully saturated rings. The maximum atomic E-state index is 11.8. The Bertz CT molecular complexity index is 547. The van der Waals surface area contributed by atoms with E-state index in [4.69, 9.17) is 0 Å². The van der Waals surface area contributed by atoms with Crippen molar-refractivity contribution in [2.75, 3.05) is 14.2 Å². The zero-order valence-corrected chi connectivity index (χ0v) is 11.3. The minimum absolute atomic E-state index is 0.160. The van der Waals surface area contributed by atoms with Crippen LogP contribution in [0.3, 0.4) is 0 Å². The number of hydrogen-bond acceptors (Lipinski definition) is 6. The number of phenolic OH excluding ortho intramolecular Hbond substituents is 2. The largest absolute Gasteiger partial charge is 0.508 e. The summed E-state index contributed by atoms with van der Waals surface area (Å²) >= 11 is 0. The van der Waals surface area contributed by atoms with Gasteiger partial charge in [-0.2, -0.15) is 0 Å². The van der Waals surface area contributed by atoms with Gasteiger partial charge >= 0.3 is 11.9 Å². The van der Waals surface area contributed by atoms with Crippen molar-refractivity contribution < 1.29 is 29.3 Å². The summed E-state index contributed by atoms with van der Waals surface area (Å²) in [5.74, 6) is -2.09. The van der Waals surface area contributed by atoms with Gasteiger partial charge in [0.2, 0.25) is 0 Å². The van der Waals surface area contributed by atoms with Gasteiger partial charge in [-0.05, 0) is 12.0 Å². The lowest BCUT2D eigenvalue weighted by molar-refractivity contribution is -0.139. The van der Waals surface area contributed by atoms with Crippen molar-refractivity contribution in [3.8, 4) is 11.5 Å². The Balaban J connectivity index is 3.54. The highest BCUT2D eigenvalue weighted by molar-refractivity contribution is 5.96. The van der Waals surface area contributed by atoms with E-state index in [1.54, 1.807) is 0 Å². The Labute approximate surface area is 116 Å². The Morgan fingerprint density at radius 3 is 2.35 bits per heavy atom. The molecule has 1 aromatic rings. The third kappa shape index (κ3) is 3.09. The lowest BCUT2D eigenvalue weighted by Crippen LogP contribution is -2.14. The first-order valence-electron chi connectivity index (χ1n) is 5.78. The van der Waals surface area contributed by atoms with Gasteiger partial charge in [-0.3, -0.25) is 4.79 Å². The van der Waals surface area contributed by atoms with Gasteiger partial charge in [0, 0.05) is 11.6 Å². The van der Waals surface area contributed by atoms with Crippen molar-refractivity contribution in [2.24, 2.45) is 0 Å². The number of esters is 2. The van der Waals surface area contributed by atoms with Crippen LogP contribution in [0.2, 0.25) is 0 Å². The van der Waals surface area contributed by atoms with E-state index in [1.165, 1.54) is 13.2 Å².